The van der Waals surface area contributed by atoms with Crippen molar-refractivity contribution < 1.29 is 111 Å². The highest BCUT2D eigenvalue weighted by Gasteiger charge is 2.54. The summed E-state index contributed by atoms with van der Waals surface area (Å²) in [4.78, 5) is 181. The average Bonchev–Trinajstić information content (AvgIpc) is 1.38. The van der Waals surface area contributed by atoms with Crippen LogP contribution >= 0.6 is 22.7 Å². The standard InChI is InChI=1S/C43H55N5O11S.C26H2.C22H26N6O9S2.C7H8O.C4H8O3.3CH4.H2O/c1-25(17-28(49)16-15-27-18-32(50)34(22-44-27)56-23-26-13-11-10-12-14-26)38(53)45-21-30-29(39(54)47-30)19-33(51)37(48-59-43(8,9)40(55)58-42(5,6)7)31-24-60-35(46-31)20-36(52)57-41(2,3)4;1-3-5-7-9-11-13-15-17-19-21-23-25-26-24-22-20-18-16-14-12-10-8-6-4-2;1-10(4-12(29)3-2-11-5-16(30)18(32)8-25-11)20(33)26-7-15-13(21(34)28(15)39(35,36)37)6-17(31)19(23)14-9-38-22(24)27-14;8-6-7-4-2-1-3-5-7;1-4(2,7)3(5)6;;;;/h10-14,18,22,24-25,29-30H,15-17,19-21,23H2,1-9H3,(H,44,50)(H,45,53)(H,47,54);1-2H;5,8-10,13,15,23,32H,2-4,6-7H2,1H3,(H2,24,27)(H,25,30)(H,26,33)(H,35,36,37);1-5,8H,6H2;7H,1-2H3,(H,5,6);3*1H4;1H2/b48-37-;;;;;;;;/t25-,29+,30-;;10-,13+,15-;;;;;;/m1.1....../s1. The molecule has 0 saturated carbocycles. The number of rotatable bonds is 35. The van der Waals surface area contributed by atoms with Crippen LogP contribution < -0.4 is 37.3 Å². The van der Waals surface area contributed by atoms with Gasteiger partial charge in [-0.25, -0.2) is 23.9 Å². The van der Waals surface area contributed by atoms with Gasteiger partial charge in [0.05, 0.1) is 36.9 Å². The van der Waals surface area contributed by atoms with Crippen molar-refractivity contribution in [3.63, 3.8) is 0 Å². The number of hydrogen-bond acceptors (Lipinski definition) is 29. The van der Waals surface area contributed by atoms with Gasteiger partial charge in [-0.1, -0.05) is 102 Å². The fourth-order valence-corrected chi connectivity index (χ4v) is 13.2. The average molecular weight is 2030 g/mol. The Balaban J connectivity index is 0.00000208. The van der Waals surface area contributed by atoms with Crippen molar-refractivity contribution in [1.29, 1.82) is 5.41 Å². The minimum Gasteiger partial charge on any atom is -0.503 e. The highest BCUT2D eigenvalue weighted by molar-refractivity contribution is 7.84. The number of oxime groups is 1. The van der Waals surface area contributed by atoms with Crippen molar-refractivity contribution in [3.05, 3.63) is 155 Å². The molecular weight excluding hydrogens is 1910 g/mol. The predicted molar refractivity (Wildman–Crippen MR) is 543 cm³/mol. The number of aryl methyl sites for hydroxylation is 2. The number of nitrogens with one attached hydrogen (secondary N) is 6. The molecule has 6 atom stereocenters. The monoisotopic (exact) mass is 2020 g/mol. The van der Waals surface area contributed by atoms with E-state index >= 15 is 0 Å². The van der Waals surface area contributed by atoms with E-state index in [-0.39, 0.29) is 148 Å². The minimum absolute atomic E-state index is 0. The third kappa shape index (κ3) is 48.7. The van der Waals surface area contributed by atoms with Gasteiger partial charge in [0.25, 0.3) is 0 Å². The molecule has 0 bridgehead atoms. The van der Waals surface area contributed by atoms with Crippen LogP contribution in [0.1, 0.15) is 183 Å². The van der Waals surface area contributed by atoms with E-state index < -0.39 is 151 Å². The van der Waals surface area contributed by atoms with E-state index in [4.69, 9.17) is 58.4 Å². The summed E-state index contributed by atoms with van der Waals surface area (Å²) in [6.45, 7) is 18.6. The Morgan fingerprint density at radius 2 is 1.04 bits per heavy atom. The number of nitrogens with zero attached hydrogens (tertiary/aromatic N) is 4. The number of pyridine rings is 2. The molecule has 4 aromatic heterocycles. The molecule has 0 unspecified atom stereocenters. The molecule has 4 amide bonds. The van der Waals surface area contributed by atoms with Gasteiger partial charge in [-0.05, 0) is 188 Å². The van der Waals surface area contributed by atoms with Crippen LogP contribution in [0.2, 0.25) is 0 Å². The van der Waals surface area contributed by atoms with Gasteiger partial charge >= 0.3 is 28.2 Å². The van der Waals surface area contributed by atoms with E-state index in [2.05, 4.69) is 183 Å². The first-order chi connectivity index (χ1) is 66.0. The Kier molecular flexibility index (Phi) is 56.3. The summed E-state index contributed by atoms with van der Waals surface area (Å²) in [7, 11) is -4.98. The number of aromatic hydroxyl groups is 1. The number of carboxylic acid groups (broad SMARTS) is 1. The first-order valence-electron chi connectivity index (χ1n) is 42.0. The molecule has 8 rings (SSSR count). The molecular formula is C105H113N11O25S3. The number of Topliss-reactive ketones (excluding diaryl/α,β-unsaturated/α-hetero) is 4. The molecule has 2 aliphatic rings. The van der Waals surface area contributed by atoms with Gasteiger partial charge in [0.2, 0.25) is 40.1 Å². The smallest absolute Gasteiger partial charge is 0.362 e. The first kappa shape index (κ1) is 127. The van der Waals surface area contributed by atoms with Crippen LogP contribution in [0.25, 0.3) is 0 Å². The number of nitrogen functional groups attached to an aromatic ring is 1. The van der Waals surface area contributed by atoms with E-state index in [0.29, 0.717) is 16.4 Å². The summed E-state index contributed by atoms with van der Waals surface area (Å²) in [5.41, 5.74) is 2.01. The van der Waals surface area contributed by atoms with Crippen LogP contribution in [-0.2, 0) is 110 Å². The van der Waals surface area contributed by atoms with Crippen LogP contribution in [0.4, 0.5) is 5.13 Å². The number of terminal acetylenes is 2. The Labute approximate surface area is 845 Å². The van der Waals surface area contributed by atoms with E-state index in [1.54, 1.807) is 48.5 Å². The second-order valence-electron chi connectivity index (χ2n) is 32.6. The van der Waals surface area contributed by atoms with Gasteiger partial charge in [-0.3, -0.25) is 62.7 Å². The third-order valence-corrected chi connectivity index (χ3v) is 20.5. The van der Waals surface area contributed by atoms with Crippen LogP contribution in [0.3, 0.4) is 0 Å². The zero-order chi connectivity index (χ0) is 104. The lowest BCUT2D eigenvalue weighted by atomic mass is 9.84. The van der Waals surface area contributed by atoms with Crippen LogP contribution in [0.15, 0.2) is 111 Å². The molecule has 2 aliphatic heterocycles. The molecule has 36 nitrogen and oxygen atoms in total. The van der Waals surface area contributed by atoms with Crippen molar-refractivity contribution in [2.45, 2.75) is 211 Å². The van der Waals surface area contributed by atoms with Gasteiger partial charge in [0, 0.05) is 157 Å². The van der Waals surface area contributed by atoms with Crippen LogP contribution in [-0.4, -0.2) is 187 Å². The van der Waals surface area contributed by atoms with Gasteiger partial charge < -0.3 is 76.6 Å². The van der Waals surface area contributed by atoms with Crippen molar-refractivity contribution in [2.24, 2.45) is 28.8 Å². The number of esters is 2. The predicted octanol–water partition coefficient (Wildman–Crippen LogP) is 6.37. The number of anilines is 1. The number of aromatic nitrogens is 4. The first-order valence-corrected chi connectivity index (χ1v) is 45.2. The fourth-order valence-electron chi connectivity index (χ4n) is 11.0. The van der Waals surface area contributed by atoms with E-state index in [0.717, 1.165) is 46.1 Å². The summed E-state index contributed by atoms with van der Waals surface area (Å²) in [6, 6.07) is 19.6. The maximum Gasteiger partial charge on any atom is 0.362 e. The van der Waals surface area contributed by atoms with Crippen molar-refractivity contribution in [1.82, 2.24) is 40.2 Å². The summed E-state index contributed by atoms with van der Waals surface area (Å²) in [5.74, 6) is 47.4. The highest BCUT2D eigenvalue weighted by Crippen LogP contribution is 2.33. The highest BCUT2D eigenvalue weighted by atomic mass is 32.2. The van der Waals surface area contributed by atoms with E-state index in [9.17, 15) is 80.4 Å². The van der Waals surface area contributed by atoms with E-state index in [1.807, 2.05) is 60.7 Å². The minimum atomic E-state index is -4.98. The largest absolute Gasteiger partial charge is 0.503 e. The Morgan fingerprint density at radius 1 is 0.611 bits per heavy atom. The third-order valence-electron chi connectivity index (χ3n) is 18.0. The van der Waals surface area contributed by atoms with Gasteiger partial charge in [-0.2, -0.15) is 8.42 Å². The van der Waals surface area contributed by atoms with Crippen LogP contribution in [0.5, 0.6) is 11.5 Å². The summed E-state index contributed by atoms with van der Waals surface area (Å²) < 4.78 is 49.4. The van der Waals surface area contributed by atoms with Gasteiger partial charge in [0.15, 0.2) is 39.5 Å². The Bertz CT molecular complexity index is 6640. The zero-order valence-corrected chi connectivity index (χ0v) is 81.1. The van der Waals surface area contributed by atoms with Crippen molar-refractivity contribution in [2.75, 3.05) is 18.8 Å². The lowest BCUT2D eigenvalue weighted by Crippen LogP contribution is -2.66. The molecule has 6 aromatic rings. The number of amides is 4. The quantitative estimate of drug-likeness (QED) is 0.00513. The number of benzene rings is 2. The molecule has 2 aromatic carbocycles. The number of aromatic amines is 2. The number of β-lactam (4-membered cyclic amide) rings is 2. The topological polar surface area (TPSA) is 585 Å². The lowest BCUT2D eigenvalue weighted by Gasteiger charge is -2.44. The molecule has 0 radical (unpaired) electrons. The number of aliphatic carboxylic acids is 1. The summed E-state index contributed by atoms with van der Waals surface area (Å²) in [6.07, 6.45) is 11.7. The normalized spacial score (nSPS) is 13.3. The van der Waals surface area contributed by atoms with Gasteiger partial charge in [0.1, 0.15) is 51.5 Å². The number of H-pyrrole nitrogens is 2. The number of carbonyl (C=O) groups excluding carboxylic acids is 10. The summed E-state index contributed by atoms with van der Waals surface area (Å²) >= 11 is 2.10. The Hall–Kier alpha value is -16.8. The number of nitrogens with two attached hydrogens (primary N) is 1. The number of hydrogen-bond donors (Lipinski definition) is 12. The number of carboxylic acids is 1. The van der Waals surface area contributed by atoms with Crippen molar-refractivity contribution >= 4 is 114 Å². The number of thiazole rings is 2. The number of aliphatic hydroxyl groups excluding tert-OH is 1. The fraction of sp³-hybridized carbons (Fsp3) is 0.362. The van der Waals surface area contributed by atoms with Gasteiger partial charge in [-0.15, -0.1) is 35.5 Å². The number of carbonyl (C=O) groups is 11. The molecule has 0 aliphatic carbocycles. The molecule has 39 heteroatoms. The molecule has 2 fully saturated rings. The maximum atomic E-state index is 13.8. The maximum absolute atomic E-state index is 13.8. The SMILES string of the molecule is C.C.C.C#CC#CC#CC#CC#CC#CC#CC#CC#CC#CC#CC#CC#C.CC(C)(O)C(=O)O.C[C@H](CC(=O)CCc1cc(=O)c(O)c[nH]1)C(=O)NC[C@@H]1[C@H](CC(=O)C(=N)c2csc(N)n2)C(=O)N1S(=O)(=O)O.C[C@H](CC(=O)CCc1cc(=O)c(OCc2ccccc2)c[nH]1)C(=O)NC[C@H]1NC(=O)[C@H]1CC(=O)/C(=N\OC(C)(C)C(=O)OC(C)(C)C)c1csc(CC(=O)OC(C)(C)C)n1.O.OCc1ccccc1. The molecule has 6 heterocycles. The number of aliphatic hydroxyl groups is 2. The second kappa shape index (κ2) is 63.7. The van der Waals surface area contributed by atoms with Crippen molar-refractivity contribution in [3.8, 4) is 166 Å². The summed E-state index contributed by atoms with van der Waals surface area (Å²) in [5, 5.41) is 57.6. The van der Waals surface area contributed by atoms with Crippen LogP contribution in [0, 0.1) is 184 Å². The molecule has 15 N–H and O–H groups in total. The molecule has 144 heavy (non-hydrogen) atoms. The zero-order valence-electron chi connectivity index (χ0n) is 78.6. The lowest BCUT2D eigenvalue weighted by molar-refractivity contribution is -0.179. The Morgan fingerprint density at radius 3 is 1.44 bits per heavy atom. The molecule has 0 spiro atoms. The molecule has 2 saturated heterocycles. The molecule has 756 valence electrons. The van der Waals surface area contributed by atoms with E-state index in [1.165, 1.54) is 57.6 Å². The number of ketones is 4. The number of ether oxygens (including phenoxy) is 3. The second-order valence-corrected chi connectivity index (χ2v) is 35.8.